The third kappa shape index (κ3) is 2.41. The number of hydrogen-bond acceptors (Lipinski definition) is 2. The number of halogens is 2. The van der Waals surface area contributed by atoms with Gasteiger partial charge in [-0.25, -0.2) is 0 Å². The fourth-order valence-corrected chi connectivity index (χ4v) is 2.04. The second-order valence-electron chi connectivity index (χ2n) is 3.09. The third-order valence-corrected chi connectivity index (χ3v) is 3.02. The Morgan fingerprint density at radius 3 is 2.71 bits per heavy atom. The van der Waals surface area contributed by atoms with E-state index in [-0.39, 0.29) is 12.5 Å². The molecule has 1 unspecified atom stereocenters. The van der Waals surface area contributed by atoms with Crippen molar-refractivity contribution in [1.82, 2.24) is 0 Å². The molecule has 2 nitrogen and oxygen atoms in total. The molecule has 0 aliphatic carbocycles. The van der Waals surface area contributed by atoms with Crippen molar-refractivity contribution in [1.29, 1.82) is 0 Å². The zero-order valence-corrected chi connectivity index (χ0v) is 10.4. The summed E-state index contributed by atoms with van der Waals surface area (Å²) in [5.41, 5.74) is 0.918. The molecule has 14 heavy (non-hydrogen) atoms. The number of hydrogen-bond donors (Lipinski definition) is 1. The molecule has 1 N–H and O–H groups in total. The normalized spacial score (nSPS) is 12.6. The third-order valence-electron chi connectivity index (χ3n) is 2.08. The first-order valence-corrected chi connectivity index (χ1v) is 5.41. The first-order valence-electron chi connectivity index (χ1n) is 4.24. The Morgan fingerprint density at radius 2 is 2.21 bits per heavy atom. The van der Waals surface area contributed by atoms with Crippen LogP contribution in [0.3, 0.4) is 0 Å². The molecule has 4 heteroatoms. The minimum absolute atomic E-state index is 0.0321. The van der Waals surface area contributed by atoms with E-state index in [1.54, 1.807) is 13.2 Å². The van der Waals surface area contributed by atoms with E-state index in [1.165, 1.54) is 0 Å². The van der Waals surface area contributed by atoms with Crippen molar-refractivity contribution >= 4 is 27.5 Å². The van der Waals surface area contributed by atoms with E-state index >= 15 is 0 Å². The van der Waals surface area contributed by atoms with Crippen LogP contribution in [0.4, 0.5) is 0 Å². The molecule has 0 aliphatic heterocycles. The predicted molar refractivity (Wildman–Crippen MR) is 61.2 cm³/mol. The summed E-state index contributed by atoms with van der Waals surface area (Å²) < 4.78 is 5.95. The molecule has 1 aromatic rings. The molecule has 78 valence electrons. The molecular formula is C10H12BrClO2. The van der Waals surface area contributed by atoms with Gasteiger partial charge in [-0.05, 0) is 27.6 Å². The van der Waals surface area contributed by atoms with Crippen molar-refractivity contribution in [3.05, 3.63) is 27.2 Å². The molecule has 0 radical (unpaired) electrons. The van der Waals surface area contributed by atoms with Gasteiger partial charge in [-0.2, -0.15) is 0 Å². The van der Waals surface area contributed by atoms with E-state index < -0.39 is 0 Å². The molecule has 0 saturated carbocycles. The largest absolute Gasteiger partial charge is 0.496 e. The molecule has 0 aromatic heterocycles. The van der Waals surface area contributed by atoms with Crippen molar-refractivity contribution in [2.24, 2.45) is 0 Å². The smallest absolute Gasteiger partial charge is 0.134 e. The number of rotatable bonds is 3. The number of aliphatic hydroxyl groups excluding tert-OH is 1. The standard InChI is InChI=1S/C10H12BrClO2/c1-6(5-13)7-3-8(11)10(14-2)4-9(7)12/h3-4,6,13H,5H2,1-2H3. The van der Waals surface area contributed by atoms with Crippen LogP contribution >= 0.6 is 27.5 Å². The van der Waals surface area contributed by atoms with Crippen LogP contribution in [0, 0.1) is 0 Å². The Balaban J connectivity index is 3.14. The van der Waals surface area contributed by atoms with Gasteiger partial charge in [0.25, 0.3) is 0 Å². The van der Waals surface area contributed by atoms with Crippen molar-refractivity contribution in [2.75, 3.05) is 13.7 Å². The van der Waals surface area contributed by atoms with Crippen LogP contribution in [0.25, 0.3) is 0 Å². The molecule has 0 spiro atoms. The summed E-state index contributed by atoms with van der Waals surface area (Å²) in [7, 11) is 1.59. The first-order chi connectivity index (χ1) is 6.60. The van der Waals surface area contributed by atoms with Gasteiger partial charge in [0.05, 0.1) is 11.6 Å². The summed E-state index contributed by atoms with van der Waals surface area (Å²) in [6.07, 6.45) is 0. The second kappa shape index (κ2) is 5.01. The highest BCUT2D eigenvalue weighted by molar-refractivity contribution is 9.10. The van der Waals surface area contributed by atoms with Crippen LogP contribution in [0.15, 0.2) is 16.6 Å². The van der Waals surface area contributed by atoms with Crippen LogP contribution < -0.4 is 4.74 Å². The van der Waals surface area contributed by atoms with Gasteiger partial charge in [0.1, 0.15) is 5.75 Å². The second-order valence-corrected chi connectivity index (χ2v) is 4.35. The van der Waals surface area contributed by atoms with Crippen LogP contribution in [-0.2, 0) is 0 Å². The summed E-state index contributed by atoms with van der Waals surface area (Å²) in [6, 6.07) is 3.62. The molecule has 1 aromatic carbocycles. The Morgan fingerprint density at radius 1 is 1.57 bits per heavy atom. The van der Waals surface area contributed by atoms with Gasteiger partial charge in [0.15, 0.2) is 0 Å². The fraction of sp³-hybridized carbons (Fsp3) is 0.400. The summed E-state index contributed by atoms with van der Waals surface area (Å²) in [5, 5.41) is 9.64. The van der Waals surface area contributed by atoms with Crippen LogP contribution in [0.2, 0.25) is 5.02 Å². The van der Waals surface area contributed by atoms with Gasteiger partial charge in [0, 0.05) is 23.6 Å². The van der Waals surface area contributed by atoms with Crippen molar-refractivity contribution in [3.63, 3.8) is 0 Å². The van der Waals surface area contributed by atoms with Gasteiger partial charge in [-0.3, -0.25) is 0 Å². The van der Waals surface area contributed by atoms with Gasteiger partial charge >= 0.3 is 0 Å². The van der Waals surface area contributed by atoms with Crippen molar-refractivity contribution in [2.45, 2.75) is 12.8 Å². The Hall–Kier alpha value is -0.250. The van der Waals surface area contributed by atoms with Crippen LogP contribution in [0.5, 0.6) is 5.75 Å². The Bertz CT molecular complexity index is 328. The highest BCUT2D eigenvalue weighted by Gasteiger charge is 2.12. The monoisotopic (exact) mass is 278 g/mol. The van der Waals surface area contributed by atoms with Crippen LogP contribution in [0.1, 0.15) is 18.4 Å². The summed E-state index contributed by atoms with van der Waals surface area (Å²) in [5.74, 6) is 0.730. The summed E-state index contributed by atoms with van der Waals surface area (Å²) in [6.45, 7) is 2.00. The first kappa shape index (κ1) is 11.8. The maximum Gasteiger partial charge on any atom is 0.134 e. The van der Waals surface area contributed by atoms with Gasteiger partial charge in [-0.1, -0.05) is 18.5 Å². The van der Waals surface area contributed by atoms with E-state index in [0.717, 1.165) is 10.0 Å². The summed E-state index contributed by atoms with van der Waals surface area (Å²) >= 11 is 9.42. The molecule has 0 fully saturated rings. The van der Waals surface area contributed by atoms with Crippen molar-refractivity contribution in [3.8, 4) is 5.75 Å². The Kier molecular flexibility index (Phi) is 4.23. The number of aliphatic hydroxyl groups is 1. The van der Waals surface area contributed by atoms with Gasteiger partial charge in [0.2, 0.25) is 0 Å². The minimum atomic E-state index is 0.0321. The molecule has 0 bridgehead atoms. The van der Waals surface area contributed by atoms with Crippen LogP contribution in [-0.4, -0.2) is 18.8 Å². The topological polar surface area (TPSA) is 29.5 Å². The lowest BCUT2D eigenvalue weighted by atomic mass is 10.0. The summed E-state index contributed by atoms with van der Waals surface area (Å²) in [4.78, 5) is 0. The minimum Gasteiger partial charge on any atom is -0.496 e. The fourth-order valence-electron chi connectivity index (χ4n) is 1.18. The number of ether oxygens (including phenoxy) is 1. The molecular weight excluding hydrogens is 267 g/mol. The maximum absolute atomic E-state index is 9.02. The van der Waals surface area contributed by atoms with E-state index in [9.17, 15) is 0 Å². The lowest BCUT2D eigenvalue weighted by molar-refractivity contribution is 0.273. The van der Waals surface area contributed by atoms with E-state index in [2.05, 4.69) is 15.9 Å². The molecule has 0 saturated heterocycles. The van der Waals surface area contributed by atoms with Gasteiger partial charge < -0.3 is 9.84 Å². The zero-order chi connectivity index (χ0) is 10.7. The molecule has 0 heterocycles. The number of methoxy groups -OCH3 is 1. The highest BCUT2D eigenvalue weighted by atomic mass is 79.9. The average Bonchev–Trinajstić information content (AvgIpc) is 2.19. The SMILES string of the molecule is COc1cc(Cl)c(C(C)CO)cc1Br. The van der Waals surface area contributed by atoms with E-state index in [4.69, 9.17) is 21.4 Å². The Labute approximate surface area is 97.0 Å². The quantitative estimate of drug-likeness (QED) is 0.920. The lowest BCUT2D eigenvalue weighted by Gasteiger charge is -2.13. The molecule has 0 aliphatic rings. The molecule has 1 atom stereocenters. The molecule has 1 rings (SSSR count). The maximum atomic E-state index is 9.02. The number of benzene rings is 1. The lowest BCUT2D eigenvalue weighted by Crippen LogP contribution is -2.00. The van der Waals surface area contributed by atoms with Gasteiger partial charge in [-0.15, -0.1) is 0 Å². The zero-order valence-electron chi connectivity index (χ0n) is 8.05. The molecule has 0 amide bonds. The predicted octanol–water partition coefficient (Wildman–Crippen LogP) is 3.21. The highest BCUT2D eigenvalue weighted by Crippen LogP contribution is 2.34. The van der Waals surface area contributed by atoms with E-state index in [1.807, 2.05) is 13.0 Å². The van der Waals surface area contributed by atoms with Crippen molar-refractivity contribution < 1.29 is 9.84 Å². The van der Waals surface area contributed by atoms with E-state index in [0.29, 0.717) is 10.8 Å². The average molecular weight is 280 g/mol.